The SMILES string of the molecule is COc1ccc(C(=O)CC(=O)O)cc1Cl. The van der Waals surface area contributed by atoms with Crippen LogP contribution in [0.15, 0.2) is 18.2 Å². The van der Waals surface area contributed by atoms with Crippen molar-refractivity contribution < 1.29 is 19.4 Å². The summed E-state index contributed by atoms with van der Waals surface area (Å²) in [6.07, 6.45) is -0.539. The highest BCUT2D eigenvalue weighted by Gasteiger charge is 2.12. The first-order valence-corrected chi connectivity index (χ1v) is 4.51. The van der Waals surface area contributed by atoms with Gasteiger partial charge < -0.3 is 9.84 Å². The maximum absolute atomic E-state index is 11.3. The second-order valence-corrected chi connectivity index (χ2v) is 3.25. The van der Waals surface area contributed by atoms with Gasteiger partial charge in [-0.05, 0) is 18.2 Å². The van der Waals surface area contributed by atoms with Gasteiger partial charge in [-0.15, -0.1) is 0 Å². The summed E-state index contributed by atoms with van der Waals surface area (Å²) in [7, 11) is 1.46. The van der Waals surface area contributed by atoms with E-state index in [1.165, 1.54) is 25.3 Å². The molecule has 0 aliphatic heterocycles. The third-order valence-electron chi connectivity index (χ3n) is 1.79. The Morgan fingerprint density at radius 1 is 1.47 bits per heavy atom. The number of carbonyl (C=O) groups excluding carboxylic acids is 1. The number of carboxylic acids is 1. The monoisotopic (exact) mass is 228 g/mol. The molecule has 0 aliphatic carbocycles. The van der Waals surface area contributed by atoms with E-state index in [1.54, 1.807) is 0 Å². The fourth-order valence-corrected chi connectivity index (χ4v) is 1.34. The molecule has 0 amide bonds. The summed E-state index contributed by atoms with van der Waals surface area (Å²) in [6.45, 7) is 0. The van der Waals surface area contributed by atoms with Crippen molar-refractivity contribution in [2.24, 2.45) is 0 Å². The van der Waals surface area contributed by atoms with E-state index in [4.69, 9.17) is 21.4 Å². The lowest BCUT2D eigenvalue weighted by Crippen LogP contribution is -2.06. The molecule has 5 heteroatoms. The number of Topliss-reactive ketones (excluding diaryl/α,β-unsaturated/α-hetero) is 1. The fourth-order valence-electron chi connectivity index (χ4n) is 1.08. The average Bonchev–Trinajstić information content (AvgIpc) is 2.16. The minimum Gasteiger partial charge on any atom is -0.495 e. The Morgan fingerprint density at radius 3 is 2.60 bits per heavy atom. The number of carboxylic acid groups (broad SMARTS) is 1. The third-order valence-corrected chi connectivity index (χ3v) is 2.08. The van der Waals surface area contributed by atoms with Gasteiger partial charge in [-0.3, -0.25) is 9.59 Å². The average molecular weight is 229 g/mol. The van der Waals surface area contributed by atoms with Gasteiger partial charge in [-0.1, -0.05) is 11.6 Å². The Hall–Kier alpha value is -1.55. The van der Waals surface area contributed by atoms with Crippen LogP contribution in [0.2, 0.25) is 5.02 Å². The first-order valence-electron chi connectivity index (χ1n) is 4.13. The van der Waals surface area contributed by atoms with Crippen molar-refractivity contribution in [3.05, 3.63) is 28.8 Å². The second kappa shape index (κ2) is 4.79. The Bertz CT molecular complexity index is 400. The van der Waals surface area contributed by atoms with Gasteiger partial charge in [0, 0.05) is 5.56 Å². The van der Waals surface area contributed by atoms with Crippen molar-refractivity contribution in [3.63, 3.8) is 0 Å². The zero-order valence-electron chi connectivity index (χ0n) is 7.99. The molecule has 0 fully saturated rings. The van der Waals surface area contributed by atoms with E-state index in [0.29, 0.717) is 5.75 Å². The molecule has 0 heterocycles. The minimum absolute atomic E-state index is 0.267. The number of benzene rings is 1. The normalized spacial score (nSPS) is 9.73. The molecule has 1 rings (SSSR count). The van der Waals surface area contributed by atoms with E-state index in [0.717, 1.165) is 0 Å². The number of halogens is 1. The van der Waals surface area contributed by atoms with E-state index >= 15 is 0 Å². The van der Waals surface area contributed by atoms with Gasteiger partial charge in [0.1, 0.15) is 12.2 Å². The van der Waals surface area contributed by atoms with E-state index in [9.17, 15) is 9.59 Å². The molecule has 1 aromatic rings. The standard InChI is InChI=1S/C10H9ClO4/c1-15-9-3-2-6(4-7(9)11)8(12)5-10(13)14/h2-4H,5H2,1H3,(H,13,14). The Balaban J connectivity index is 2.92. The summed E-state index contributed by atoms with van der Waals surface area (Å²) in [6, 6.07) is 4.40. The van der Waals surface area contributed by atoms with Crippen molar-refractivity contribution >= 4 is 23.4 Å². The van der Waals surface area contributed by atoms with Crippen LogP contribution in [-0.2, 0) is 4.79 Å². The lowest BCUT2D eigenvalue weighted by Gasteiger charge is -2.04. The van der Waals surface area contributed by atoms with Crippen molar-refractivity contribution in [2.75, 3.05) is 7.11 Å². The van der Waals surface area contributed by atoms with Gasteiger partial charge in [-0.25, -0.2) is 0 Å². The van der Waals surface area contributed by atoms with Crippen LogP contribution >= 0.6 is 11.6 Å². The zero-order valence-corrected chi connectivity index (χ0v) is 8.75. The Kier molecular flexibility index (Phi) is 3.68. The largest absolute Gasteiger partial charge is 0.495 e. The maximum Gasteiger partial charge on any atom is 0.311 e. The molecule has 0 saturated heterocycles. The lowest BCUT2D eigenvalue weighted by molar-refractivity contribution is -0.135. The summed E-state index contributed by atoms with van der Waals surface area (Å²) in [5.74, 6) is -1.19. The van der Waals surface area contributed by atoms with E-state index in [-0.39, 0.29) is 10.6 Å². The van der Waals surface area contributed by atoms with Crippen molar-refractivity contribution in [3.8, 4) is 5.75 Å². The number of hydrogen-bond acceptors (Lipinski definition) is 3. The van der Waals surface area contributed by atoms with Gasteiger partial charge in [0.2, 0.25) is 0 Å². The van der Waals surface area contributed by atoms with E-state index in [1.807, 2.05) is 0 Å². The summed E-state index contributed by atoms with van der Waals surface area (Å²) in [5, 5.41) is 8.72. The number of carbonyl (C=O) groups is 2. The zero-order chi connectivity index (χ0) is 11.4. The van der Waals surface area contributed by atoms with Crippen LogP contribution in [0.25, 0.3) is 0 Å². The lowest BCUT2D eigenvalue weighted by atomic mass is 10.1. The van der Waals surface area contributed by atoms with Gasteiger partial charge in [0.25, 0.3) is 0 Å². The summed E-state index contributed by atoms with van der Waals surface area (Å²) in [4.78, 5) is 21.6. The van der Waals surface area contributed by atoms with E-state index in [2.05, 4.69) is 0 Å². The van der Waals surface area contributed by atoms with Gasteiger partial charge in [0.05, 0.1) is 12.1 Å². The molecule has 0 bridgehead atoms. The molecule has 0 radical (unpaired) electrons. The minimum atomic E-state index is -1.16. The number of hydrogen-bond donors (Lipinski definition) is 1. The Morgan fingerprint density at radius 2 is 2.13 bits per heavy atom. The molecular formula is C10H9ClO4. The van der Waals surface area contributed by atoms with Crippen molar-refractivity contribution in [2.45, 2.75) is 6.42 Å². The molecular weight excluding hydrogens is 220 g/mol. The second-order valence-electron chi connectivity index (χ2n) is 2.84. The molecule has 0 atom stereocenters. The molecule has 0 unspecified atom stereocenters. The highest BCUT2D eigenvalue weighted by Crippen LogP contribution is 2.25. The van der Waals surface area contributed by atoms with Gasteiger partial charge in [0.15, 0.2) is 5.78 Å². The summed E-state index contributed by atoms with van der Waals surface area (Å²) in [5.41, 5.74) is 0.267. The molecule has 4 nitrogen and oxygen atoms in total. The van der Waals surface area contributed by atoms with Crippen LogP contribution in [0.4, 0.5) is 0 Å². The fraction of sp³-hybridized carbons (Fsp3) is 0.200. The molecule has 0 aromatic heterocycles. The number of ketones is 1. The first-order chi connectivity index (χ1) is 7.04. The number of methoxy groups -OCH3 is 1. The highest BCUT2D eigenvalue weighted by atomic mass is 35.5. The highest BCUT2D eigenvalue weighted by molar-refractivity contribution is 6.32. The van der Waals surface area contributed by atoms with Crippen molar-refractivity contribution in [1.29, 1.82) is 0 Å². The number of ether oxygens (including phenoxy) is 1. The molecule has 0 saturated carbocycles. The first kappa shape index (κ1) is 11.5. The topological polar surface area (TPSA) is 63.6 Å². The van der Waals surface area contributed by atoms with Crippen LogP contribution in [0.1, 0.15) is 16.8 Å². The van der Waals surface area contributed by atoms with Crippen LogP contribution in [0.5, 0.6) is 5.75 Å². The molecule has 80 valence electrons. The van der Waals surface area contributed by atoms with Crippen LogP contribution in [0.3, 0.4) is 0 Å². The van der Waals surface area contributed by atoms with Crippen LogP contribution in [-0.4, -0.2) is 24.0 Å². The van der Waals surface area contributed by atoms with Crippen molar-refractivity contribution in [1.82, 2.24) is 0 Å². The van der Waals surface area contributed by atoms with E-state index < -0.39 is 18.2 Å². The molecule has 1 N–H and O–H groups in total. The molecule has 1 aromatic carbocycles. The molecule has 15 heavy (non-hydrogen) atoms. The number of rotatable bonds is 4. The molecule has 0 spiro atoms. The van der Waals surface area contributed by atoms with Gasteiger partial charge in [-0.2, -0.15) is 0 Å². The summed E-state index contributed by atoms with van der Waals surface area (Å²) >= 11 is 5.79. The van der Waals surface area contributed by atoms with Crippen LogP contribution < -0.4 is 4.74 Å². The van der Waals surface area contributed by atoms with Crippen LogP contribution in [0, 0.1) is 0 Å². The molecule has 0 aliphatic rings. The predicted octanol–water partition coefficient (Wildman–Crippen LogP) is 2.01. The smallest absolute Gasteiger partial charge is 0.311 e. The third kappa shape index (κ3) is 2.95. The summed E-state index contributed by atoms with van der Waals surface area (Å²) < 4.78 is 4.90. The van der Waals surface area contributed by atoms with Gasteiger partial charge >= 0.3 is 5.97 Å². The number of aliphatic carboxylic acids is 1. The quantitative estimate of drug-likeness (QED) is 0.633. The predicted molar refractivity (Wildman–Crippen MR) is 54.6 cm³/mol. The Labute approximate surface area is 91.4 Å². The maximum atomic E-state index is 11.3.